The van der Waals surface area contributed by atoms with Crippen LogP contribution in [0.4, 0.5) is 5.95 Å². The highest BCUT2D eigenvalue weighted by Crippen LogP contribution is 2.39. The molecule has 0 radical (unpaired) electrons. The molecule has 11 heteroatoms. The van der Waals surface area contributed by atoms with E-state index in [1.807, 2.05) is 58.9 Å². The van der Waals surface area contributed by atoms with E-state index in [-0.39, 0.29) is 27.8 Å². The lowest BCUT2D eigenvalue weighted by Gasteiger charge is -2.35. The van der Waals surface area contributed by atoms with Crippen LogP contribution in [0, 0.1) is 10.8 Å². The number of ether oxygens (including phenoxy) is 2. The summed E-state index contributed by atoms with van der Waals surface area (Å²) < 4.78 is 39.1. The van der Waals surface area contributed by atoms with Crippen LogP contribution in [0.25, 0.3) is 0 Å². The van der Waals surface area contributed by atoms with E-state index >= 15 is 0 Å². The Kier molecular flexibility index (Phi) is 10.8. The summed E-state index contributed by atoms with van der Waals surface area (Å²) in [4.78, 5) is 31.0. The summed E-state index contributed by atoms with van der Waals surface area (Å²) in [6.07, 6.45) is 6.79. The number of aromatic nitrogens is 2. The third-order valence-electron chi connectivity index (χ3n) is 6.86. The number of nitrogens with one attached hydrogen (secondary N) is 1. The highest BCUT2D eigenvalue weighted by Gasteiger charge is 2.37. The van der Waals surface area contributed by atoms with Crippen LogP contribution < -0.4 is 9.46 Å². The first-order valence-electron chi connectivity index (χ1n) is 14.5. The standard InChI is InChI=1S/C33H43N3O7S/c1-31(2,3)43-29(39)33(6,7)22-32(4,5)19-9-8-10-23-11-13-25(14-12-23)42-26-15-17-27(18-16-26)44(40,41)36-30-34-20-24(21-35-30)28(37)38/h11-18,20-21H,8-10,19,22H2,1-7H3,(H,37,38)(H,34,35,36). The summed E-state index contributed by atoms with van der Waals surface area (Å²) in [6, 6.07) is 13.7. The summed E-state index contributed by atoms with van der Waals surface area (Å²) >= 11 is 0. The van der Waals surface area contributed by atoms with E-state index in [0.29, 0.717) is 11.5 Å². The van der Waals surface area contributed by atoms with Crippen LogP contribution in [0.15, 0.2) is 65.8 Å². The molecule has 0 spiro atoms. The number of carboxylic acid groups (broad SMARTS) is 1. The van der Waals surface area contributed by atoms with E-state index in [4.69, 9.17) is 14.6 Å². The highest BCUT2D eigenvalue weighted by molar-refractivity contribution is 7.92. The van der Waals surface area contributed by atoms with E-state index in [9.17, 15) is 18.0 Å². The molecule has 0 unspecified atom stereocenters. The molecule has 0 atom stereocenters. The van der Waals surface area contributed by atoms with Crippen molar-refractivity contribution in [2.45, 2.75) is 91.1 Å². The van der Waals surface area contributed by atoms with Gasteiger partial charge in [-0.1, -0.05) is 32.4 Å². The van der Waals surface area contributed by atoms with E-state index in [0.717, 1.165) is 44.5 Å². The zero-order chi connectivity index (χ0) is 32.8. The Balaban J connectivity index is 1.47. The second kappa shape index (κ2) is 13.8. The topological polar surface area (TPSA) is 145 Å². The molecule has 2 N–H and O–H groups in total. The minimum atomic E-state index is -3.98. The fraction of sp³-hybridized carbons (Fsp3) is 0.455. The van der Waals surface area contributed by atoms with Crippen molar-refractivity contribution in [3.63, 3.8) is 0 Å². The second-order valence-corrected chi connectivity index (χ2v) is 15.0. The van der Waals surface area contributed by atoms with Gasteiger partial charge in [-0.2, -0.15) is 0 Å². The van der Waals surface area contributed by atoms with Crippen molar-refractivity contribution in [1.82, 2.24) is 9.97 Å². The molecule has 0 fully saturated rings. The SMILES string of the molecule is CC(C)(CCCCc1ccc(Oc2ccc(S(=O)(=O)Nc3ncc(C(=O)O)cn3)cc2)cc1)CC(C)(C)C(=O)OC(C)(C)C. The molecule has 0 saturated heterocycles. The molecule has 0 amide bonds. The molecule has 0 aliphatic carbocycles. The molecular weight excluding hydrogens is 582 g/mol. The molecule has 1 aromatic heterocycles. The van der Waals surface area contributed by atoms with Crippen LogP contribution in [0.2, 0.25) is 0 Å². The summed E-state index contributed by atoms with van der Waals surface area (Å²) in [5, 5.41) is 8.92. The number of aromatic carboxylic acids is 1. The summed E-state index contributed by atoms with van der Waals surface area (Å²) in [5.41, 5.74) is -0.00680. The number of hydrogen-bond acceptors (Lipinski definition) is 8. The molecule has 3 aromatic rings. The first kappa shape index (κ1) is 34.5. The Morgan fingerprint density at radius 2 is 1.39 bits per heavy atom. The van der Waals surface area contributed by atoms with Crippen LogP contribution in [-0.2, 0) is 26.0 Å². The van der Waals surface area contributed by atoms with E-state index in [1.165, 1.54) is 17.7 Å². The minimum Gasteiger partial charge on any atom is -0.478 e. The van der Waals surface area contributed by atoms with Crippen molar-refractivity contribution in [2.75, 3.05) is 4.72 Å². The van der Waals surface area contributed by atoms with Crippen molar-refractivity contribution in [3.8, 4) is 11.5 Å². The Hall–Kier alpha value is -3.99. The number of carbonyl (C=O) groups is 2. The Morgan fingerprint density at radius 1 is 0.841 bits per heavy atom. The van der Waals surface area contributed by atoms with E-state index in [1.54, 1.807) is 12.1 Å². The number of carboxylic acids is 1. The number of sulfonamides is 1. The summed E-state index contributed by atoms with van der Waals surface area (Å²) in [6.45, 7) is 14.0. The number of benzene rings is 2. The number of hydrogen-bond donors (Lipinski definition) is 2. The van der Waals surface area contributed by atoms with E-state index in [2.05, 4.69) is 28.5 Å². The predicted molar refractivity (Wildman–Crippen MR) is 168 cm³/mol. The Morgan fingerprint density at radius 3 is 1.91 bits per heavy atom. The zero-order valence-electron chi connectivity index (χ0n) is 26.5. The summed E-state index contributed by atoms with van der Waals surface area (Å²) in [7, 11) is -3.98. The number of carbonyl (C=O) groups excluding carboxylic acids is 1. The van der Waals surface area contributed by atoms with Crippen molar-refractivity contribution in [2.24, 2.45) is 10.8 Å². The average Bonchev–Trinajstić information content (AvgIpc) is 2.91. The van der Waals surface area contributed by atoms with Gasteiger partial charge >= 0.3 is 11.9 Å². The van der Waals surface area contributed by atoms with Gasteiger partial charge in [0.2, 0.25) is 5.95 Å². The smallest absolute Gasteiger partial charge is 0.338 e. The average molecular weight is 626 g/mol. The molecule has 44 heavy (non-hydrogen) atoms. The molecule has 0 aliphatic rings. The number of unbranched alkanes of at least 4 members (excludes halogenated alkanes) is 1. The Labute approximate surface area is 260 Å². The summed E-state index contributed by atoms with van der Waals surface area (Å²) in [5.74, 6) is -0.509. The molecule has 3 rings (SSSR count). The number of nitrogens with zero attached hydrogens (tertiary/aromatic N) is 2. The van der Waals surface area contributed by atoms with Gasteiger partial charge in [0.15, 0.2) is 0 Å². The third-order valence-corrected chi connectivity index (χ3v) is 8.20. The fourth-order valence-electron chi connectivity index (χ4n) is 4.92. The predicted octanol–water partition coefficient (Wildman–Crippen LogP) is 7.26. The monoisotopic (exact) mass is 625 g/mol. The number of aryl methyl sites for hydroxylation is 1. The maximum absolute atomic E-state index is 12.7. The molecule has 0 saturated carbocycles. The molecule has 1 heterocycles. The normalized spacial score (nSPS) is 12.4. The number of anilines is 1. The minimum absolute atomic E-state index is 0.00435. The van der Waals surface area contributed by atoms with Gasteiger partial charge in [-0.3, -0.25) is 4.79 Å². The lowest BCUT2D eigenvalue weighted by Crippen LogP contribution is -2.36. The van der Waals surface area contributed by atoms with Gasteiger partial charge in [-0.15, -0.1) is 0 Å². The first-order chi connectivity index (χ1) is 20.4. The van der Waals surface area contributed by atoms with Gasteiger partial charge in [0, 0.05) is 12.4 Å². The lowest BCUT2D eigenvalue weighted by molar-refractivity contribution is -0.167. The van der Waals surface area contributed by atoms with Crippen LogP contribution in [-0.4, -0.2) is 41.0 Å². The van der Waals surface area contributed by atoms with E-state index < -0.39 is 27.0 Å². The second-order valence-electron chi connectivity index (χ2n) is 13.4. The van der Waals surface area contributed by atoms with Crippen molar-refractivity contribution in [3.05, 3.63) is 72.1 Å². The quantitative estimate of drug-likeness (QED) is 0.140. The largest absolute Gasteiger partial charge is 0.478 e. The van der Waals surface area contributed by atoms with Crippen LogP contribution >= 0.6 is 0 Å². The molecule has 0 aliphatic heterocycles. The van der Waals surface area contributed by atoms with Crippen LogP contribution in [0.3, 0.4) is 0 Å². The van der Waals surface area contributed by atoms with Crippen molar-refractivity contribution < 1.29 is 32.6 Å². The first-order valence-corrected chi connectivity index (χ1v) is 16.0. The molecular formula is C33H43N3O7S. The van der Waals surface area contributed by atoms with Crippen molar-refractivity contribution in [1.29, 1.82) is 0 Å². The lowest BCUT2D eigenvalue weighted by atomic mass is 9.72. The van der Waals surface area contributed by atoms with Gasteiger partial charge < -0.3 is 14.6 Å². The number of rotatable bonds is 14. The third kappa shape index (κ3) is 10.6. The fourth-order valence-corrected chi connectivity index (χ4v) is 5.88. The van der Waals surface area contributed by atoms with Gasteiger partial charge in [-0.25, -0.2) is 27.9 Å². The molecule has 2 aromatic carbocycles. The maximum Gasteiger partial charge on any atom is 0.338 e. The van der Waals surface area contributed by atoms with Gasteiger partial charge in [0.25, 0.3) is 10.0 Å². The zero-order valence-corrected chi connectivity index (χ0v) is 27.3. The molecule has 238 valence electrons. The molecule has 0 bridgehead atoms. The maximum atomic E-state index is 12.7. The van der Waals surface area contributed by atoms with Gasteiger partial charge in [0.05, 0.1) is 15.9 Å². The highest BCUT2D eigenvalue weighted by atomic mass is 32.2. The van der Waals surface area contributed by atoms with Crippen molar-refractivity contribution >= 4 is 27.9 Å². The van der Waals surface area contributed by atoms with Gasteiger partial charge in [0.1, 0.15) is 17.1 Å². The van der Waals surface area contributed by atoms with Crippen LogP contribution in [0.1, 0.15) is 90.1 Å². The van der Waals surface area contributed by atoms with Crippen LogP contribution in [0.5, 0.6) is 11.5 Å². The Bertz CT molecular complexity index is 1530. The molecule has 10 nitrogen and oxygen atoms in total. The van der Waals surface area contributed by atoms with Gasteiger partial charge in [-0.05, 0) is 108 Å². The number of esters is 1.